The largest absolute Gasteiger partial charge is 0.348 e. The average molecular weight is 475 g/mol. The molecule has 3 heterocycles. The summed E-state index contributed by atoms with van der Waals surface area (Å²) in [5.74, 6) is 0.0541. The van der Waals surface area contributed by atoms with Crippen molar-refractivity contribution in [3.05, 3.63) is 76.6 Å². The van der Waals surface area contributed by atoms with Gasteiger partial charge in [-0.05, 0) is 60.6 Å². The van der Waals surface area contributed by atoms with Crippen molar-refractivity contribution in [2.45, 2.75) is 25.7 Å². The highest BCUT2D eigenvalue weighted by Gasteiger charge is 2.37. The molecule has 4 aromatic rings. The first-order valence-electron chi connectivity index (χ1n) is 11.8. The van der Waals surface area contributed by atoms with Gasteiger partial charge in [-0.2, -0.15) is 5.10 Å². The second kappa shape index (κ2) is 8.41. The van der Waals surface area contributed by atoms with Crippen LogP contribution < -0.4 is 5.69 Å². The minimum atomic E-state index is -0.559. The SMILES string of the molecule is O=C(C1CC1)N1CC[C@@H](Cc2n[nH]c(=O)n2-c2ccc(-c3ccc4cc(F)cnc4c3)cc2F)C1. The van der Waals surface area contributed by atoms with E-state index in [0.29, 0.717) is 41.8 Å². The molecule has 0 bridgehead atoms. The van der Waals surface area contributed by atoms with Crippen LogP contribution in [0.4, 0.5) is 8.78 Å². The lowest BCUT2D eigenvalue weighted by Crippen LogP contribution is -2.30. The Hall–Kier alpha value is -3.88. The van der Waals surface area contributed by atoms with Crippen LogP contribution in [0.5, 0.6) is 0 Å². The molecule has 9 heteroatoms. The van der Waals surface area contributed by atoms with Gasteiger partial charge < -0.3 is 4.90 Å². The third-order valence-corrected chi connectivity index (χ3v) is 6.91. The summed E-state index contributed by atoms with van der Waals surface area (Å²) in [5, 5.41) is 7.25. The van der Waals surface area contributed by atoms with Crippen molar-refractivity contribution in [3.8, 4) is 16.8 Å². The standard InChI is InChI=1S/C26H23F2N5O2/c27-20-10-19-4-3-18(12-22(19)29-13-20)17-5-6-23(21(28)11-17)33-24(30-31-26(33)35)9-15-7-8-32(14-15)25(34)16-1-2-16/h3-6,10-13,15-16H,1-2,7-9,14H2,(H,31,35)/t15-/m0/s1. The minimum absolute atomic E-state index is 0.118. The molecule has 178 valence electrons. The summed E-state index contributed by atoms with van der Waals surface area (Å²) in [7, 11) is 0. The van der Waals surface area contributed by atoms with E-state index in [-0.39, 0.29) is 23.4 Å². The van der Waals surface area contributed by atoms with Crippen LogP contribution in [0.3, 0.4) is 0 Å². The van der Waals surface area contributed by atoms with E-state index in [2.05, 4.69) is 15.2 Å². The summed E-state index contributed by atoms with van der Waals surface area (Å²) in [5.41, 5.74) is 1.56. The quantitative estimate of drug-likeness (QED) is 0.475. The molecule has 0 unspecified atom stereocenters. The number of rotatable bonds is 5. The van der Waals surface area contributed by atoms with Gasteiger partial charge in [0.25, 0.3) is 0 Å². The van der Waals surface area contributed by atoms with Crippen molar-refractivity contribution in [2.24, 2.45) is 11.8 Å². The van der Waals surface area contributed by atoms with E-state index in [4.69, 9.17) is 0 Å². The van der Waals surface area contributed by atoms with Crippen LogP contribution in [0, 0.1) is 23.5 Å². The Kier molecular flexibility index (Phi) is 5.20. The molecule has 35 heavy (non-hydrogen) atoms. The molecule has 1 saturated carbocycles. The molecule has 1 aliphatic heterocycles. The maximum absolute atomic E-state index is 15.3. The van der Waals surface area contributed by atoms with Crippen LogP contribution in [-0.4, -0.2) is 43.6 Å². The highest BCUT2D eigenvalue weighted by Crippen LogP contribution is 2.33. The number of carbonyl (C=O) groups excluding carboxylic acids is 1. The van der Waals surface area contributed by atoms with E-state index in [1.54, 1.807) is 30.3 Å². The maximum atomic E-state index is 15.3. The molecule has 1 atom stereocenters. The normalized spacial score (nSPS) is 17.9. The molecule has 1 amide bonds. The van der Waals surface area contributed by atoms with E-state index in [1.807, 2.05) is 4.90 Å². The lowest BCUT2D eigenvalue weighted by molar-refractivity contribution is -0.131. The number of likely N-dealkylation sites (tertiary alicyclic amines) is 1. The van der Waals surface area contributed by atoms with E-state index >= 15 is 4.39 Å². The number of aromatic nitrogens is 4. The van der Waals surface area contributed by atoms with Gasteiger partial charge in [-0.25, -0.2) is 23.2 Å². The zero-order valence-electron chi connectivity index (χ0n) is 18.9. The van der Waals surface area contributed by atoms with Crippen LogP contribution in [0.1, 0.15) is 25.1 Å². The number of fused-ring (bicyclic) bond motifs is 1. The minimum Gasteiger partial charge on any atom is -0.342 e. The Balaban J connectivity index is 1.26. The highest BCUT2D eigenvalue weighted by molar-refractivity contribution is 5.84. The highest BCUT2D eigenvalue weighted by atomic mass is 19.1. The summed E-state index contributed by atoms with van der Waals surface area (Å²) in [4.78, 5) is 30.9. The van der Waals surface area contributed by atoms with Gasteiger partial charge in [0.2, 0.25) is 5.91 Å². The molecule has 2 fully saturated rings. The summed E-state index contributed by atoms with van der Waals surface area (Å²) in [6.07, 6.45) is 4.40. The van der Waals surface area contributed by atoms with Gasteiger partial charge in [0, 0.05) is 30.8 Å². The number of hydrogen-bond acceptors (Lipinski definition) is 4. The number of carbonyl (C=O) groups is 1. The Labute approximate surface area is 199 Å². The molecule has 0 radical (unpaired) electrons. The van der Waals surface area contributed by atoms with Crippen LogP contribution in [0.15, 0.2) is 53.5 Å². The molecule has 2 aromatic carbocycles. The Morgan fingerprint density at radius 1 is 1.06 bits per heavy atom. The van der Waals surface area contributed by atoms with E-state index in [1.165, 1.54) is 16.7 Å². The Bertz CT molecular complexity index is 1510. The predicted molar refractivity (Wildman–Crippen MR) is 126 cm³/mol. The lowest BCUT2D eigenvalue weighted by Gasteiger charge is -2.16. The lowest BCUT2D eigenvalue weighted by atomic mass is 10.0. The van der Waals surface area contributed by atoms with Crippen molar-refractivity contribution >= 4 is 16.8 Å². The topological polar surface area (TPSA) is 83.9 Å². The van der Waals surface area contributed by atoms with Gasteiger partial charge in [0.05, 0.1) is 17.4 Å². The number of H-pyrrole nitrogens is 1. The fourth-order valence-corrected chi connectivity index (χ4v) is 4.90. The van der Waals surface area contributed by atoms with Gasteiger partial charge in [0.1, 0.15) is 17.5 Å². The van der Waals surface area contributed by atoms with Crippen molar-refractivity contribution in [1.29, 1.82) is 0 Å². The number of hydrogen-bond donors (Lipinski definition) is 1. The van der Waals surface area contributed by atoms with Crippen LogP contribution in [0.2, 0.25) is 0 Å². The number of benzene rings is 2. The molecule has 6 rings (SSSR count). The average Bonchev–Trinajstić information content (AvgIpc) is 3.50. The Morgan fingerprint density at radius 2 is 1.86 bits per heavy atom. The van der Waals surface area contributed by atoms with Gasteiger partial charge in [-0.3, -0.25) is 9.78 Å². The predicted octanol–water partition coefficient (Wildman–Crippen LogP) is 3.86. The molecule has 2 aromatic heterocycles. The summed E-state index contributed by atoms with van der Waals surface area (Å²) >= 11 is 0. The summed E-state index contributed by atoms with van der Waals surface area (Å²) in [6.45, 7) is 1.35. The molecule has 1 aliphatic carbocycles. The van der Waals surface area contributed by atoms with E-state index < -0.39 is 17.3 Å². The van der Waals surface area contributed by atoms with Crippen molar-refractivity contribution < 1.29 is 13.6 Å². The van der Waals surface area contributed by atoms with E-state index in [0.717, 1.165) is 31.0 Å². The van der Waals surface area contributed by atoms with Gasteiger partial charge in [-0.1, -0.05) is 18.2 Å². The summed E-state index contributed by atoms with van der Waals surface area (Å²) < 4.78 is 30.0. The van der Waals surface area contributed by atoms with Crippen molar-refractivity contribution in [2.75, 3.05) is 13.1 Å². The molecular weight excluding hydrogens is 452 g/mol. The fraction of sp³-hybridized carbons (Fsp3) is 0.308. The molecular formula is C26H23F2N5O2. The molecule has 1 N–H and O–H groups in total. The third-order valence-electron chi connectivity index (χ3n) is 6.91. The number of pyridine rings is 1. The van der Waals surface area contributed by atoms with Crippen LogP contribution in [-0.2, 0) is 11.2 Å². The van der Waals surface area contributed by atoms with E-state index in [9.17, 15) is 14.0 Å². The number of amides is 1. The Morgan fingerprint density at radius 3 is 2.66 bits per heavy atom. The third kappa shape index (κ3) is 4.11. The van der Waals surface area contributed by atoms with Crippen LogP contribution >= 0.6 is 0 Å². The number of halogens is 2. The van der Waals surface area contributed by atoms with Gasteiger partial charge in [0.15, 0.2) is 0 Å². The molecule has 1 saturated heterocycles. The second-order valence-corrected chi connectivity index (χ2v) is 9.42. The number of aromatic amines is 1. The number of nitrogens with one attached hydrogen (secondary N) is 1. The monoisotopic (exact) mass is 475 g/mol. The first kappa shape index (κ1) is 21.6. The first-order chi connectivity index (χ1) is 17.0. The van der Waals surface area contributed by atoms with Crippen LogP contribution in [0.25, 0.3) is 27.7 Å². The van der Waals surface area contributed by atoms with Crippen molar-refractivity contribution in [1.82, 2.24) is 24.6 Å². The first-order valence-corrected chi connectivity index (χ1v) is 11.8. The second-order valence-electron chi connectivity index (χ2n) is 9.42. The molecule has 0 spiro atoms. The zero-order chi connectivity index (χ0) is 24.1. The smallest absolute Gasteiger partial charge is 0.342 e. The number of nitrogens with zero attached hydrogens (tertiary/aromatic N) is 4. The zero-order valence-corrected chi connectivity index (χ0v) is 18.9. The van der Waals surface area contributed by atoms with Gasteiger partial charge in [-0.15, -0.1) is 0 Å². The molecule has 2 aliphatic rings. The molecule has 7 nitrogen and oxygen atoms in total. The van der Waals surface area contributed by atoms with Crippen molar-refractivity contribution in [3.63, 3.8) is 0 Å². The summed E-state index contributed by atoms with van der Waals surface area (Å²) in [6, 6.07) is 11.4. The maximum Gasteiger partial charge on any atom is 0.348 e. The fourth-order valence-electron chi connectivity index (χ4n) is 4.90. The van der Waals surface area contributed by atoms with Gasteiger partial charge >= 0.3 is 5.69 Å².